The highest BCUT2D eigenvalue weighted by Crippen LogP contribution is 2.40. The fourth-order valence-electron chi connectivity index (χ4n) is 8.96. The smallest absolute Gasteiger partial charge is 0.0979 e. The van der Waals surface area contributed by atoms with Gasteiger partial charge in [0, 0.05) is 36.5 Å². The Kier molecular flexibility index (Phi) is 8.39. The third-order valence-corrected chi connectivity index (χ3v) is 13.3. The molecule has 61 heavy (non-hydrogen) atoms. The summed E-state index contributed by atoms with van der Waals surface area (Å²) in [7, 11) is 0. The lowest BCUT2D eigenvalue weighted by Crippen LogP contribution is -1.94. The first kappa shape index (κ1) is 35.2. The highest BCUT2D eigenvalue weighted by atomic mass is 32.1. The summed E-state index contributed by atoms with van der Waals surface area (Å²) in [4.78, 5) is 10.8. The van der Waals surface area contributed by atoms with Crippen molar-refractivity contribution in [3.05, 3.63) is 219 Å². The number of fused-ring (bicyclic) bond motifs is 9. The zero-order valence-electron chi connectivity index (χ0n) is 33.1. The molecule has 0 aliphatic heterocycles. The zero-order valence-corrected chi connectivity index (χ0v) is 33.9. The second-order valence-electron chi connectivity index (χ2n) is 15.7. The van der Waals surface area contributed by atoms with Crippen LogP contribution in [0.1, 0.15) is 0 Å². The molecule has 2 aromatic heterocycles. The second-order valence-corrected chi connectivity index (χ2v) is 16.8. The van der Waals surface area contributed by atoms with Crippen molar-refractivity contribution in [3.8, 4) is 66.9 Å². The number of rotatable bonds is 6. The van der Waals surface area contributed by atoms with Crippen LogP contribution in [0.2, 0.25) is 0 Å². The lowest BCUT2D eigenvalue weighted by atomic mass is 9.92. The molecule has 0 aliphatic carbocycles. The van der Waals surface area contributed by atoms with Crippen LogP contribution in [0.4, 0.5) is 0 Å². The molecule has 0 radical (unpaired) electrons. The SMILES string of the molecule is c1ccc(-c2ccc(-c3ccc4c5ccc(-c6ccc(-c7ccccc7)cc6)cc5c5nc(-c6cccc(-c7ccc8sc9ccccc9c8c7)c6)cnc5c4c3)cc2)cc1. The zero-order chi connectivity index (χ0) is 40.3. The molecular weight excluding hydrogens is 757 g/mol. The molecule has 0 saturated carbocycles. The number of nitrogens with zero attached hydrogens (tertiary/aromatic N) is 2. The highest BCUT2D eigenvalue weighted by Gasteiger charge is 2.16. The maximum atomic E-state index is 5.52. The van der Waals surface area contributed by atoms with Crippen molar-refractivity contribution < 1.29 is 0 Å². The number of hydrogen-bond acceptors (Lipinski definition) is 3. The number of thiophene rings is 1. The summed E-state index contributed by atoms with van der Waals surface area (Å²) >= 11 is 1.85. The fourth-order valence-corrected chi connectivity index (χ4v) is 10.0. The molecule has 10 aromatic carbocycles. The Bertz CT molecular complexity index is 3610. The molecule has 0 amide bonds. The van der Waals surface area contributed by atoms with E-state index in [1.165, 1.54) is 58.9 Å². The van der Waals surface area contributed by atoms with Crippen LogP contribution in [0.5, 0.6) is 0 Å². The van der Waals surface area contributed by atoms with Crippen LogP contribution in [-0.4, -0.2) is 9.97 Å². The van der Waals surface area contributed by atoms with Gasteiger partial charge in [-0.2, -0.15) is 0 Å². The van der Waals surface area contributed by atoms with E-state index >= 15 is 0 Å². The lowest BCUT2D eigenvalue weighted by Gasteiger charge is -2.14. The highest BCUT2D eigenvalue weighted by molar-refractivity contribution is 7.25. The third-order valence-electron chi connectivity index (χ3n) is 12.1. The first-order valence-electron chi connectivity index (χ1n) is 20.7. The van der Waals surface area contributed by atoms with Gasteiger partial charge in [0.05, 0.1) is 22.9 Å². The summed E-state index contributed by atoms with van der Waals surface area (Å²) in [6, 6.07) is 76.7. The Morgan fingerprint density at radius 1 is 0.262 bits per heavy atom. The molecule has 0 spiro atoms. The largest absolute Gasteiger partial charge is 0.252 e. The standard InChI is InChI=1S/C58H36N2S/c1-3-10-37(11-4-1)39-18-22-41(23-19-39)44-26-29-48-49-30-27-45(42-24-20-40(21-25-42)38-12-5-2-6-13-38)35-53(49)58-57(52(48)34-44)59-36-54(60-58)47-15-9-14-43(32-47)46-28-31-56-51(33-46)50-16-7-8-17-55(50)61-56/h1-36H. The van der Waals surface area contributed by atoms with Gasteiger partial charge in [-0.15, -0.1) is 11.3 Å². The van der Waals surface area contributed by atoms with Gasteiger partial charge >= 0.3 is 0 Å². The van der Waals surface area contributed by atoms with Gasteiger partial charge in [-0.1, -0.05) is 176 Å². The van der Waals surface area contributed by atoms with E-state index in [1.54, 1.807) is 0 Å². The first-order valence-corrected chi connectivity index (χ1v) is 21.5. The summed E-state index contributed by atoms with van der Waals surface area (Å²) in [5.41, 5.74) is 15.5. The van der Waals surface area contributed by atoms with E-state index in [-0.39, 0.29) is 0 Å². The molecule has 12 aromatic rings. The number of benzene rings is 10. The average molecular weight is 793 g/mol. The minimum absolute atomic E-state index is 0.849. The summed E-state index contributed by atoms with van der Waals surface area (Å²) in [6.07, 6.45) is 1.95. The van der Waals surface area contributed by atoms with Crippen LogP contribution >= 0.6 is 11.3 Å². The maximum Gasteiger partial charge on any atom is 0.0979 e. The van der Waals surface area contributed by atoms with Crippen molar-refractivity contribution in [3.63, 3.8) is 0 Å². The van der Waals surface area contributed by atoms with Gasteiger partial charge in [0.15, 0.2) is 0 Å². The van der Waals surface area contributed by atoms with Crippen LogP contribution in [-0.2, 0) is 0 Å². The minimum atomic E-state index is 0.849. The van der Waals surface area contributed by atoms with E-state index in [2.05, 4.69) is 212 Å². The maximum absolute atomic E-state index is 5.52. The molecule has 0 fully saturated rings. The fraction of sp³-hybridized carbons (Fsp3) is 0. The van der Waals surface area contributed by atoms with Gasteiger partial charge in [-0.25, -0.2) is 4.98 Å². The van der Waals surface area contributed by atoms with Crippen molar-refractivity contribution in [2.24, 2.45) is 0 Å². The molecule has 0 bridgehead atoms. The third kappa shape index (κ3) is 6.26. The van der Waals surface area contributed by atoms with Crippen molar-refractivity contribution >= 4 is 64.1 Å². The van der Waals surface area contributed by atoms with E-state index < -0.39 is 0 Å². The molecule has 2 nitrogen and oxygen atoms in total. The summed E-state index contributed by atoms with van der Waals surface area (Å²) < 4.78 is 2.62. The minimum Gasteiger partial charge on any atom is -0.252 e. The predicted octanol–water partition coefficient (Wildman–Crippen LogP) is 16.3. The molecular formula is C58H36N2S. The van der Waals surface area contributed by atoms with Crippen molar-refractivity contribution in [1.82, 2.24) is 9.97 Å². The average Bonchev–Trinajstić information content (AvgIpc) is 3.72. The van der Waals surface area contributed by atoms with E-state index in [0.717, 1.165) is 60.7 Å². The molecule has 2 heterocycles. The lowest BCUT2D eigenvalue weighted by molar-refractivity contribution is 1.31. The molecule has 3 heteroatoms. The van der Waals surface area contributed by atoms with Crippen LogP contribution < -0.4 is 0 Å². The second kappa shape index (κ2) is 14.5. The Morgan fingerprint density at radius 2 is 0.689 bits per heavy atom. The summed E-state index contributed by atoms with van der Waals surface area (Å²) in [5.74, 6) is 0. The van der Waals surface area contributed by atoms with Crippen LogP contribution in [0, 0.1) is 0 Å². The van der Waals surface area contributed by atoms with E-state index in [4.69, 9.17) is 9.97 Å². The van der Waals surface area contributed by atoms with E-state index in [0.29, 0.717) is 0 Å². The summed E-state index contributed by atoms with van der Waals surface area (Å²) in [5, 5.41) is 7.11. The predicted molar refractivity (Wildman–Crippen MR) is 260 cm³/mol. The van der Waals surface area contributed by atoms with Crippen LogP contribution in [0.25, 0.3) is 120 Å². The molecule has 0 unspecified atom stereocenters. The van der Waals surface area contributed by atoms with Crippen molar-refractivity contribution in [2.45, 2.75) is 0 Å². The Morgan fingerprint density at radius 3 is 1.33 bits per heavy atom. The Labute approximate surface area is 357 Å². The van der Waals surface area contributed by atoms with E-state index in [1.807, 2.05) is 17.5 Å². The normalized spacial score (nSPS) is 11.6. The Balaban J connectivity index is 1.00. The molecule has 0 aliphatic rings. The molecule has 12 rings (SSSR count). The van der Waals surface area contributed by atoms with Gasteiger partial charge in [-0.05, 0) is 103 Å². The Hall–Kier alpha value is -7.72. The van der Waals surface area contributed by atoms with Gasteiger partial charge < -0.3 is 0 Å². The molecule has 284 valence electrons. The number of aromatic nitrogens is 2. The van der Waals surface area contributed by atoms with Gasteiger partial charge in [0.25, 0.3) is 0 Å². The molecule has 0 saturated heterocycles. The van der Waals surface area contributed by atoms with Crippen molar-refractivity contribution in [1.29, 1.82) is 0 Å². The van der Waals surface area contributed by atoms with Gasteiger partial charge in [0.1, 0.15) is 0 Å². The molecule has 0 N–H and O–H groups in total. The van der Waals surface area contributed by atoms with Crippen LogP contribution in [0.3, 0.4) is 0 Å². The van der Waals surface area contributed by atoms with Crippen LogP contribution in [0.15, 0.2) is 219 Å². The topological polar surface area (TPSA) is 25.8 Å². The van der Waals surface area contributed by atoms with Crippen molar-refractivity contribution in [2.75, 3.05) is 0 Å². The first-order chi connectivity index (χ1) is 30.2. The van der Waals surface area contributed by atoms with Gasteiger partial charge in [0.2, 0.25) is 0 Å². The van der Waals surface area contributed by atoms with Gasteiger partial charge in [-0.3, -0.25) is 4.98 Å². The van der Waals surface area contributed by atoms with E-state index in [9.17, 15) is 0 Å². The number of hydrogen-bond donors (Lipinski definition) is 0. The quantitative estimate of drug-likeness (QED) is 0.157. The monoisotopic (exact) mass is 792 g/mol. The summed E-state index contributed by atoms with van der Waals surface area (Å²) in [6.45, 7) is 0. The molecule has 0 atom stereocenters.